The van der Waals surface area contributed by atoms with Crippen LogP contribution in [0.3, 0.4) is 0 Å². The number of ether oxygens (including phenoxy) is 2. The summed E-state index contributed by atoms with van der Waals surface area (Å²) < 4.78 is 37.0. The lowest BCUT2D eigenvalue weighted by Gasteiger charge is -2.15. The summed E-state index contributed by atoms with van der Waals surface area (Å²) in [6, 6.07) is 21.1. The summed E-state index contributed by atoms with van der Waals surface area (Å²) in [5.41, 5.74) is 13.3. The summed E-state index contributed by atoms with van der Waals surface area (Å²) in [5, 5.41) is 17.8. The van der Waals surface area contributed by atoms with Gasteiger partial charge in [-0.2, -0.15) is 27.0 Å². The quantitative estimate of drug-likeness (QED) is 0.108. The molecule has 4 aromatic rings. The average Bonchev–Trinajstić information content (AvgIpc) is 3.01. The van der Waals surface area contributed by atoms with Crippen molar-refractivity contribution in [1.82, 2.24) is 0 Å². The van der Waals surface area contributed by atoms with Crippen molar-refractivity contribution >= 4 is 67.4 Å². The van der Waals surface area contributed by atoms with E-state index in [0.29, 0.717) is 36.2 Å². The van der Waals surface area contributed by atoms with E-state index >= 15 is 0 Å². The molecule has 0 spiro atoms. The van der Waals surface area contributed by atoms with Crippen LogP contribution >= 0.6 is 42.9 Å². The molecular formula is C40H55BBrF2NO6S2. The summed E-state index contributed by atoms with van der Waals surface area (Å²) in [4.78, 5) is 22.9. The van der Waals surface area contributed by atoms with Crippen LogP contribution in [0.5, 0.6) is 0 Å². The summed E-state index contributed by atoms with van der Waals surface area (Å²) in [6.45, 7) is 13.5. The molecule has 0 aliphatic carbocycles. The van der Waals surface area contributed by atoms with Crippen molar-refractivity contribution < 1.29 is 37.9 Å². The van der Waals surface area contributed by atoms with E-state index < -0.39 is 7.12 Å². The minimum Gasteiger partial charge on any atom is -0.466 e. The fraction of sp³-hybridized carbons (Fsp3) is 0.350. The molecule has 53 heavy (non-hydrogen) atoms. The van der Waals surface area contributed by atoms with Crippen LogP contribution in [0.1, 0.15) is 86.4 Å². The van der Waals surface area contributed by atoms with Crippen LogP contribution in [0.25, 0.3) is 11.1 Å². The molecule has 7 nitrogen and oxygen atoms in total. The zero-order valence-corrected chi connectivity index (χ0v) is 34.3. The van der Waals surface area contributed by atoms with E-state index in [1.165, 1.54) is 12.1 Å². The van der Waals surface area contributed by atoms with Gasteiger partial charge in [-0.3, -0.25) is 9.59 Å². The van der Waals surface area contributed by atoms with E-state index in [4.69, 9.17) is 25.3 Å². The number of carbonyl (C=O) groups excluding carboxylic acids is 2. The van der Waals surface area contributed by atoms with Crippen molar-refractivity contribution in [2.75, 3.05) is 13.2 Å². The molecule has 0 radical (unpaired) electrons. The second kappa shape index (κ2) is 25.8. The minimum atomic E-state index is -1.52. The van der Waals surface area contributed by atoms with Gasteiger partial charge >= 0.3 is 19.1 Å². The summed E-state index contributed by atoms with van der Waals surface area (Å²) >= 11 is 3.36. The Kier molecular flexibility index (Phi) is 25.2. The lowest BCUT2D eigenvalue weighted by atomic mass is 9.74. The molecule has 0 aliphatic heterocycles. The Hall–Kier alpha value is -3.20. The standard InChI is InChI=1S/C20H23FO2.C11H14BrNO2.C8H10BFO2.CH4.2H2S/c1-5-23-19(22)11-13(2)16-7-6-8-17(12-16)20-14(3)9-18(21)10-15(20)4;1-2-15-11(14)7-10(13)8-4-3-5-9(12)6-8;1-5-3-7(10)4-6(2)8(5)9(11)12;;;/h6-10,12-13H,5,11H2,1-4H3;3-6,10H,2,7,13H2,1H3;3-4,11-12H,1-2H3;1H4;2*1H2/t13-;10-;;;;/m00..../s1. The Balaban J connectivity index is 0. The molecule has 0 aromatic heterocycles. The zero-order chi connectivity index (χ0) is 37.5. The van der Waals surface area contributed by atoms with Crippen LogP contribution < -0.4 is 11.2 Å². The Bertz CT molecular complexity index is 1700. The summed E-state index contributed by atoms with van der Waals surface area (Å²) in [7, 11) is -1.52. The smallest absolute Gasteiger partial charge is 0.466 e. The molecule has 292 valence electrons. The van der Waals surface area contributed by atoms with Crippen molar-refractivity contribution in [2.45, 2.75) is 80.7 Å². The first-order chi connectivity index (χ1) is 23.6. The van der Waals surface area contributed by atoms with E-state index in [-0.39, 0.29) is 76.4 Å². The number of aryl methyl sites for hydroxylation is 4. The molecule has 0 fully saturated rings. The van der Waals surface area contributed by atoms with Crippen LogP contribution in [0.4, 0.5) is 8.78 Å². The lowest BCUT2D eigenvalue weighted by Crippen LogP contribution is -2.34. The third-order valence-electron chi connectivity index (χ3n) is 7.81. The first kappa shape index (κ1) is 51.9. The van der Waals surface area contributed by atoms with Crippen LogP contribution in [-0.4, -0.2) is 42.3 Å². The molecule has 4 rings (SSSR count). The number of halogens is 3. The minimum absolute atomic E-state index is 0. The van der Waals surface area contributed by atoms with Crippen LogP contribution in [0.15, 0.2) is 77.3 Å². The van der Waals surface area contributed by atoms with Crippen molar-refractivity contribution in [2.24, 2.45) is 5.73 Å². The fourth-order valence-corrected chi connectivity index (χ4v) is 5.96. The Labute approximate surface area is 336 Å². The van der Waals surface area contributed by atoms with Crippen molar-refractivity contribution in [1.29, 1.82) is 0 Å². The molecular weight excluding hydrogens is 783 g/mol. The summed E-state index contributed by atoms with van der Waals surface area (Å²) in [5.74, 6) is -0.926. The number of hydrogen-bond acceptors (Lipinski definition) is 7. The SMILES string of the molecule is C.CCOC(=O)C[C@H](C)c1cccc(-c2c(C)cc(F)cc2C)c1.CCOC(=O)C[C@H](N)c1cccc(Br)c1.Cc1cc(F)cc(C)c1B(O)O.S.S. The van der Waals surface area contributed by atoms with Gasteiger partial charge in [0.05, 0.1) is 26.1 Å². The molecule has 0 aliphatic rings. The van der Waals surface area contributed by atoms with Crippen LogP contribution in [0.2, 0.25) is 0 Å². The highest BCUT2D eigenvalue weighted by atomic mass is 79.9. The van der Waals surface area contributed by atoms with Crippen molar-refractivity contribution in [3.05, 3.63) is 122 Å². The second-order valence-electron chi connectivity index (χ2n) is 11.9. The van der Waals surface area contributed by atoms with Crippen molar-refractivity contribution in [3.63, 3.8) is 0 Å². The number of rotatable bonds is 10. The Morgan fingerprint density at radius 3 is 1.68 bits per heavy atom. The molecule has 0 bridgehead atoms. The third kappa shape index (κ3) is 17.2. The largest absolute Gasteiger partial charge is 0.488 e. The normalized spacial score (nSPS) is 11.0. The predicted molar refractivity (Wildman–Crippen MR) is 226 cm³/mol. The van der Waals surface area contributed by atoms with Gasteiger partial charge in [0.1, 0.15) is 11.6 Å². The monoisotopic (exact) mass is 837 g/mol. The first-order valence-electron chi connectivity index (χ1n) is 16.4. The molecule has 2 atom stereocenters. The molecule has 0 heterocycles. The highest BCUT2D eigenvalue weighted by Gasteiger charge is 2.18. The average molecular weight is 839 g/mol. The van der Waals surface area contributed by atoms with Gasteiger partial charge in [-0.25, -0.2) is 8.78 Å². The number of nitrogens with two attached hydrogens (primary N) is 1. The molecule has 0 saturated heterocycles. The topological polar surface area (TPSA) is 119 Å². The van der Waals surface area contributed by atoms with E-state index in [0.717, 1.165) is 37.9 Å². The fourth-order valence-electron chi connectivity index (χ4n) is 5.54. The first-order valence-corrected chi connectivity index (χ1v) is 17.2. The van der Waals surface area contributed by atoms with Gasteiger partial charge in [0.15, 0.2) is 0 Å². The molecule has 4 N–H and O–H groups in total. The molecule has 13 heteroatoms. The predicted octanol–water partition coefficient (Wildman–Crippen LogP) is 8.55. The Morgan fingerprint density at radius 2 is 1.21 bits per heavy atom. The van der Waals surface area contributed by atoms with E-state index in [2.05, 4.69) is 22.0 Å². The maximum Gasteiger partial charge on any atom is 0.488 e. The van der Waals surface area contributed by atoms with Gasteiger partial charge in [0, 0.05) is 10.5 Å². The zero-order valence-electron chi connectivity index (χ0n) is 30.7. The van der Waals surface area contributed by atoms with Gasteiger partial charge < -0.3 is 25.3 Å². The van der Waals surface area contributed by atoms with E-state index in [1.54, 1.807) is 32.9 Å². The van der Waals surface area contributed by atoms with Gasteiger partial charge in [0.25, 0.3) is 0 Å². The maximum atomic E-state index is 13.5. The number of benzene rings is 4. The van der Waals surface area contributed by atoms with E-state index in [9.17, 15) is 18.4 Å². The molecule has 0 unspecified atom stereocenters. The highest BCUT2D eigenvalue weighted by Crippen LogP contribution is 2.31. The second-order valence-corrected chi connectivity index (χ2v) is 12.9. The maximum absolute atomic E-state index is 13.5. The van der Waals surface area contributed by atoms with Crippen LogP contribution in [0, 0.1) is 39.3 Å². The third-order valence-corrected chi connectivity index (χ3v) is 8.30. The van der Waals surface area contributed by atoms with Crippen LogP contribution in [-0.2, 0) is 19.1 Å². The molecule has 4 aromatic carbocycles. The lowest BCUT2D eigenvalue weighted by molar-refractivity contribution is -0.144. The molecule has 0 saturated carbocycles. The number of hydrogen-bond donors (Lipinski definition) is 3. The van der Waals surface area contributed by atoms with Gasteiger partial charge in [0.2, 0.25) is 0 Å². The van der Waals surface area contributed by atoms with Gasteiger partial charge in [-0.15, -0.1) is 0 Å². The molecule has 0 amide bonds. The van der Waals surface area contributed by atoms with E-state index in [1.807, 2.05) is 70.2 Å². The highest BCUT2D eigenvalue weighted by molar-refractivity contribution is 9.10. The Morgan fingerprint density at radius 1 is 0.755 bits per heavy atom. The van der Waals surface area contributed by atoms with Gasteiger partial charge in [-0.1, -0.05) is 66.7 Å². The summed E-state index contributed by atoms with van der Waals surface area (Å²) in [6.07, 6.45) is 0.572. The number of carbonyl (C=O) groups is 2. The van der Waals surface area contributed by atoms with Crippen molar-refractivity contribution in [3.8, 4) is 11.1 Å². The van der Waals surface area contributed by atoms with Gasteiger partial charge in [-0.05, 0) is 134 Å². The number of esters is 2.